The summed E-state index contributed by atoms with van der Waals surface area (Å²) in [4.78, 5) is 11.8. The van der Waals surface area contributed by atoms with Crippen molar-refractivity contribution in [2.75, 3.05) is 37.4 Å². The molecule has 0 aliphatic heterocycles. The molecule has 2 rings (SSSR count). The highest BCUT2D eigenvalue weighted by atomic mass is 16.5. The molecule has 1 saturated carbocycles. The Morgan fingerprint density at radius 2 is 2.24 bits per heavy atom. The van der Waals surface area contributed by atoms with Crippen molar-refractivity contribution in [2.24, 2.45) is 5.92 Å². The van der Waals surface area contributed by atoms with E-state index >= 15 is 0 Å². The Bertz CT molecular complexity index is 473. The maximum Gasteiger partial charge on any atom is 0.340 e. The van der Waals surface area contributed by atoms with E-state index in [9.17, 15) is 4.79 Å². The van der Waals surface area contributed by atoms with Gasteiger partial charge in [0.2, 0.25) is 0 Å². The number of esters is 1. The molecule has 1 fully saturated rings. The first-order valence-electron chi connectivity index (χ1n) is 7.59. The van der Waals surface area contributed by atoms with Crippen LogP contribution in [-0.4, -0.2) is 32.3 Å². The topological polar surface area (TPSA) is 73.6 Å². The number of hydrogen-bond acceptors (Lipinski definition) is 5. The Balaban J connectivity index is 1.76. The number of benzene rings is 1. The Morgan fingerprint density at radius 3 is 2.95 bits per heavy atom. The van der Waals surface area contributed by atoms with E-state index in [1.54, 1.807) is 19.1 Å². The highest BCUT2D eigenvalue weighted by Gasteiger charge is 2.20. The smallest absolute Gasteiger partial charge is 0.340 e. The fourth-order valence-corrected chi connectivity index (χ4v) is 2.04. The summed E-state index contributed by atoms with van der Waals surface area (Å²) in [5.41, 5.74) is 7.62. The number of nitrogen functional groups attached to an aromatic ring is 1. The molecule has 116 valence electrons. The third-order valence-corrected chi connectivity index (χ3v) is 3.43. The van der Waals surface area contributed by atoms with Gasteiger partial charge >= 0.3 is 5.97 Å². The normalized spacial score (nSPS) is 14.0. The zero-order valence-corrected chi connectivity index (χ0v) is 12.6. The van der Waals surface area contributed by atoms with E-state index in [1.807, 2.05) is 6.07 Å². The molecule has 3 N–H and O–H groups in total. The van der Waals surface area contributed by atoms with Gasteiger partial charge in [0.25, 0.3) is 0 Å². The number of anilines is 2. The number of rotatable bonds is 9. The summed E-state index contributed by atoms with van der Waals surface area (Å²) in [6.07, 6.45) is 3.54. The van der Waals surface area contributed by atoms with Gasteiger partial charge in [-0.05, 0) is 44.2 Å². The van der Waals surface area contributed by atoms with Crippen LogP contribution < -0.4 is 11.1 Å². The van der Waals surface area contributed by atoms with Crippen molar-refractivity contribution >= 4 is 17.3 Å². The first kappa shape index (κ1) is 15.6. The van der Waals surface area contributed by atoms with Crippen LogP contribution in [-0.2, 0) is 9.47 Å². The molecule has 5 heteroatoms. The summed E-state index contributed by atoms with van der Waals surface area (Å²) in [6, 6.07) is 5.34. The lowest BCUT2D eigenvalue weighted by molar-refractivity contribution is 0.0527. The minimum atomic E-state index is -0.383. The lowest BCUT2D eigenvalue weighted by Gasteiger charge is -2.12. The lowest BCUT2D eigenvalue weighted by Crippen LogP contribution is -2.12. The summed E-state index contributed by atoms with van der Waals surface area (Å²) in [5, 5.41) is 3.24. The predicted molar refractivity (Wildman–Crippen MR) is 83.5 cm³/mol. The van der Waals surface area contributed by atoms with Crippen LogP contribution >= 0.6 is 0 Å². The van der Waals surface area contributed by atoms with Gasteiger partial charge in [0.05, 0.1) is 23.5 Å². The molecule has 0 radical (unpaired) electrons. The van der Waals surface area contributed by atoms with Gasteiger partial charge < -0.3 is 20.5 Å². The molecule has 0 heterocycles. The van der Waals surface area contributed by atoms with Crippen LogP contribution in [0.1, 0.15) is 36.5 Å². The molecule has 0 aromatic heterocycles. The van der Waals surface area contributed by atoms with Crippen molar-refractivity contribution in [1.82, 2.24) is 0 Å². The van der Waals surface area contributed by atoms with Crippen LogP contribution in [0.5, 0.6) is 0 Å². The number of ether oxygens (including phenoxy) is 2. The Morgan fingerprint density at radius 1 is 1.43 bits per heavy atom. The van der Waals surface area contributed by atoms with Gasteiger partial charge in [0.1, 0.15) is 0 Å². The third-order valence-electron chi connectivity index (χ3n) is 3.43. The van der Waals surface area contributed by atoms with Gasteiger partial charge in [-0.25, -0.2) is 4.79 Å². The van der Waals surface area contributed by atoms with Crippen molar-refractivity contribution in [1.29, 1.82) is 0 Å². The molecule has 1 aliphatic rings. The van der Waals surface area contributed by atoms with Gasteiger partial charge in [0, 0.05) is 19.8 Å². The molecule has 1 aromatic rings. The van der Waals surface area contributed by atoms with Crippen molar-refractivity contribution in [2.45, 2.75) is 26.2 Å². The van der Waals surface area contributed by atoms with Crippen LogP contribution in [0, 0.1) is 5.92 Å². The van der Waals surface area contributed by atoms with E-state index < -0.39 is 0 Å². The van der Waals surface area contributed by atoms with Crippen LogP contribution in [0.4, 0.5) is 11.4 Å². The largest absolute Gasteiger partial charge is 0.462 e. The van der Waals surface area contributed by atoms with Crippen LogP contribution in [0.15, 0.2) is 18.2 Å². The number of hydrogen-bond donors (Lipinski definition) is 2. The molecule has 1 aromatic carbocycles. The van der Waals surface area contributed by atoms with Crippen molar-refractivity contribution < 1.29 is 14.3 Å². The maximum atomic E-state index is 11.8. The molecule has 0 atom stereocenters. The number of nitrogens with one attached hydrogen (secondary N) is 1. The molecule has 21 heavy (non-hydrogen) atoms. The van der Waals surface area contributed by atoms with Gasteiger partial charge in [0.15, 0.2) is 0 Å². The molecule has 0 unspecified atom stereocenters. The standard InChI is InChI=1S/C16H24N2O3/c1-2-21-16(19)13-5-3-6-14(15(13)17)18-9-4-10-20-11-12-7-8-12/h3,5-6,12,18H,2,4,7-11,17H2,1H3. The van der Waals surface area contributed by atoms with Crippen LogP contribution in [0.25, 0.3) is 0 Å². The summed E-state index contributed by atoms with van der Waals surface area (Å²) >= 11 is 0. The van der Waals surface area contributed by atoms with Gasteiger partial charge in [-0.15, -0.1) is 0 Å². The molecule has 0 bridgehead atoms. The number of carbonyl (C=O) groups is 1. The fraction of sp³-hybridized carbons (Fsp3) is 0.562. The first-order chi connectivity index (χ1) is 10.2. The highest BCUT2D eigenvalue weighted by Crippen LogP contribution is 2.28. The molecular formula is C16H24N2O3. The number of para-hydroxylation sites is 1. The van der Waals surface area contributed by atoms with E-state index in [0.29, 0.717) is 17.9 Å². The molecule has 0 amide bonds. The van der Waals surface area contributed by atoms with Crippen LogP contribution in [0.2, 0.25) is 0 Å². The number of carbonyl (C=O) groups excluding carboxylic acids is 1. The molecular weight excluding hydrogens is 268 g/mol. The average Bonchev–Trinajstić information content (AvgIpc) is 3.28. The SMILES string of the molecule is CCOC(=O)c1cccc(NCCCOCC2CC2)c1N. The number of nitrogens with two attached hydrogens (primary N) is 1. The lowest BCUT2D eigenvalue weighted by atomic mass is 10.1. The minimum absolute atomic E-state index is 0.342. The van der Waals surface area contributed by atoms with Gasteiger partial charge in [-0.2, -0.15) is 0 Å². The molecule has 0 spiro atoms. The Hall–Kier alpha value is -1.75. The highest BCUT2D eigenvalue weighted by molar-refractivity contribution is 5.98. The van der Waals surface area contributed by atoms with Gasteiger partial charge in [-0.1, -0.05) is 6.07 Å². The van der Waals surface area contributed by atoms with Crippen molar-refractivity contribution in [3.05, 3.63) is 23.8 Å². The van der Waals surface area contributed by atoms with Gasteiger partial charge in [-0.3, -0.25) is 0 Å². The average molecular weight is 292 g/mol. The summed E-state index contributed by atoms with van der Waals surface area (Å²) < 4.78 is 10.6. The van der Waals surface area contributed by atoms with Crippen molar-refractivity contribution in [3.63, 3.8) is 0 Å². The summed E-state index contributed by atoms with van der Waals surface area (Å²) in [6.45, 7) is 4.52. The monoisotopic (exact) mass is 292 g/mol. The fourth-order valence-electron chi connectivity index (χ4n) is 2.04. The van der Waals surface area contributed by atoms with E-state index in [4.69, 9.17) is 15.2 Å². The third kappa shape index (κ3) is 4.93. The molecule has 1 aliphatic carbocycles. The quantitative estimate of drug-likeness (QED) is 0.416. The van der Waals surface area contributed by atoms with E-state index in [-0.39, 0.29) is 5.97 Å². The first-order valence-corrected chi connectivity index (χ1v) is 7.59. The van der Waals surface area contributed by atoms with E-state index in [0.717, 1.165) is 37.8 Å². The van der Waals surface area contributed by atoms with Crippen molar-refractivity contribution in [3.8, 4) is 0 Å². The van der Waals surface area contributed by atoms with E-state index in [2.05, 4.69) is 5.32 Å². The Kier molecular flexibility index (Phi) is 5.87. The zero-order chi connectivity index (χ0) is 15.1. The summed E-state index contributed by atoms with van der Waals surface area (Å²) in [5.74, 6) is 0.418. The summed E-state index contributed by atoms with van der Waals surface area (Å²) in [7, 11) is 0. The Labute approximate surface area is 125 Å². The molecule has 5 nitrogen and oxygen atoms in total. The molecule has 0 saturated heterocycles. The van der Waals surface area contributed by atoms with Crippen LogP contribution in [0.3, 0.4) is 0 Å². The minimum Gasteiger partial charge on any atom is -0.462 e. The second-order valence-corrected chi connectivity index (χ2v) is 5.29. The zero-order valence-electron chi connectivity index (χ0n) is 12.6. The second kappa shape index (κ2) is 7.88. The van der Waals surface area contributed by atoms with E-state index in [1.165, 1.54) is 12.8 Å². The predicted octanol–water partition coefficient (Wildman–Crippen LogP) is 2.67. The second-order valence-electron chi connectivity index (χ2n) is 5.29. The maximum absolute atomic E-state index is 11.8.